The van der Waals surface area contributed by atoms with Gasteiger partial charge in [0.2, 0.25) is 0 Å². The highest BCUT2D eigenvalue weighted by Crippen LogP contribution is 1.98. The standard InChI is InChI=1S/C10H15N5/c1-14-9(3-5-12-14)7-11-8-10-4-6-13-15(10)2/h3-6,11H,7-8H2,1-2H3. The first-order valence-electron chi connectivity index (χ1n) is 4.92. The van der Waals surface area contributed by atoms with Crippen molar-refractivity contribution >= 4 is 0 Å². The maximum absolute atomic E-state index is 4.11. The van der Waals surface area contributed by atoms with Gasteiger partial charge >= 0.3 is 0 Å². The van der Waals surface area contributed by atoms with Crippen LogP contribution in [0, 0.1) is 0 Å². The van der Waals surface area contributed by atoms with Crippen molar-refractivity contribution in [3.05, 3.63) is 35.9 Å². The third kappa shape index (κ3) is 2.24. The number of nitrogens with one attached hydrogen (secondary N) is 1. The maximum Gasteiger partial charge on any atom is 0.0518 e. The molecule has 1 N–H and O–H groups in total. The van der Waals surface area contributed by atoms with Crippen molar-refractivity contribution in [3.63, 3.8) is 0 Å². The number of aromatic nitrogens is 4. The largest absolute Gasteiger partial charge is 0.306 e. The molecule has 0 atom stereocenters. The molecule has 0 spiro atoms. The summed E-state index contributed by atoms with van der Waals surface area (Å²) in [5, 5.41) is 11.6. The van der Waals surface area contributed by atoms with Crippen LogP contribution < -0.4 is 5.32 Å². The summed E-state index contributed by atoms with van der Waals surface area (Å²) in [6, 6.07) is 4.02. The van der Waals surface area contributed by atoms with Crippen molar-refractivity contribution in [2.24, 2.45) is 14.1 Å². The second-order valence-electron chi connectivity index (χ2n) is 3.50. The molecule has 0 bridgehead atoms. The summed E-state index contributed by atoms with van der Waals surface area (Å²) in [6.07, 6.45) is 3.61. The summed E-state index contributed by atoms with van der Waals surface area (Å²) in [5.74, 6) is 0. The predicted octanol–water partition coefficient (Wildman–Crippen LogP) is 0.443. The van der Waals surface area contributed by atoms with E-state index in [2.05, 4.69) is 15.5 Å². The molecule has 0 saturated heterocycles. The quantitative estimate of drug-likeness (QED) is 0.788. The van der Waals surface area contributed by atoms with Gasteiger partial charge in [0.15, 0.2) is 0 Å². The number of hydrogen-bond acceptors (Lipinski definition) is 3. The van der Waals surface area contributed by atoms with Gasteiger partial charge in [0.1, 0.15) is 0 Å². The van der Waals surface area contributed by atoms with Crippen LogP contribution in [-0.2, 0) is 27.2 Å². The minimum absolute atomic E-state index is 0.821. The van der Waals surface area contributed by atoms with E-state index in [1.807, 2.05) is 35.6 Å². The van der Waals surface area contributed by atoms with Gasteiger partial charge < -0.3 is 5.32 Å². The molecule has 0 fully saturated rings. The van der Waals surface area contributed by atoms with Crippen molar-refractivity contribution in [3.8, 4) is 0 Å². The van der Waals surface area contributed by atoms with Gasteiger partial charge in [-0.3, -0.25) is 9.36 Å². The smallest absolute Gasteiger partial charge is 0.0518 e. The Labute approximate surface area is 88.7 Å². The molecule has 2 heterocycles. The Bertz CT molecular complexity index is 388. The lowest BCUT2D eigenvalue weighted by atomic mass is 10.4. The lowest BCUT2D eigenvalue weighted by Crippen LogP contribution is -2.17. The van der Waals surface area contributed by atoms with E-state index in [9.17, 15) is 0 Å². The number of rotatable bonds is 4. The predicted molar refractivity (Wildman–Crippen MR) is 57.0 cm³/mol. The Hall–Kier alpha value is -1.62. The molecule has 0 unspecified atom stereocenters. The second kappa shape index (κ2) is 4.27. The highest BCUT2D eigenvalue weighted by Gasteiger charge is 2.00. The van der Waals surface area contributed by atoms with Crippen LogP contribution in [0.5, 0.6) is 0 Å². The average molecular weight is 205 g/mol. The molecule has 0 saturated carbocycles. The van der Waals surface area contributed by atoms with E-state index in [4.69, 9.17) is 0 Å². The first-order valence-corrected chi connectivity index (χ1v) is 4.92. The van der Waals surface area contributed by atoms with E-state index in [0.717, 1.165) is 13.1 Å². The Kier molecular flexibility index (Phi) is 2.82. The van der Waals surface area contributed by atoms with Crippen LogP contribution in [0.4, 0.5) is 0 Å². The molecule has 0 aliphatic carbocycles. The molecule has 0 aliphatic rings. The Morgan fingerprint density at radius 2 is 1.47 bits per heavy atom. The summed E-state index contributed by atoms with van der Waals surface area (Å²) in [6.45, 7) is 1.64. The van der Waals surface area contributed by atoms with E-state index in [-0.39, 0.29) is 0 Å². The van der Waals surface area contributed by atoms with E-state index in [0.29, 0.717) is 0 Å². The number of aryl methyl sites for hydroxylation is 2. The van der Waals surface area contributed by atoms with Gasteiger partial charge in [-0.1, -0.05) is 0 Å². The van der Waals surface area contributed by atoms with Gasteiger partial charge in [0, 0.05) is 39.6 Å². The molecule has 0 aliphatic heterocycles. The highest BCUT2D eigenvalue weighted by atomic mass is 15.3. The second-order valence-corrected chi connectivity index (χ2v) is 3.50. The van der Waals surface area contributed by atoms with Gasteiger partial charge in [0.25, 0.3) is 0 Å². The van der Waals surface area contributed by atoms with Crippen LogP contribution in [-0.4, -0.2) is 19.6 Å². The zero-order valence-electron chi connectivity index (χ0n) is 9.01. The van der Waals surface area contributed by atoms with Crippen LogP contribution in [0.1, 0.15) is 11.4 Å². The molecule has 2 aromatic heterocycles. The molecule has 0 amide bonds. The van der Waals surface area contributed by atoms with Crippen LogP contribution in [0.15, 0.2) is 24.5 Å². The topological polar surface area (TPSA) is 47.7 Å². The fraction of sp³-hybridized carbons (Fsp3) is 0.400. The van der Waals surface area contributed by atoms with Gasteiger partial charge in [-0.15, -0.1) is 0 Å². The summed E-state index contributed by atoms with van der Waals surface area (Å²) in [5.41, 5.74) is 2.36. The normalized spacial score (nSPS) is 10.8. The Balaban J connectivity index is 1.86. The van der Waals surface area contributed by atoms with Crippen LogP contribution >= 0.6 is 0 Å². The van der Waals surface area contributed by atoms with Gasteiger partial charge in [-0.25, -0.2) is 0 Å². The summed E-state index contributed by atoms with van der Waals surface area (Å²) >= 11 is 0. The van der Waals surface area contributed by atoms with Crippen molar-refractivity contribution in [2.45, 2.75) is 13.1 Å². The van der Waals surface area contributed by atoms with Crippen molar-refractivity contribution in [1.82, 2.24) is 24.9 Å². The number of nitrogens with zero attached hydrogens (tertiary/aromatic N) is 4. The molecule has 2 aromatic rings. The van der Waals surface area contributed by atoms with E-state index >= 15 is 0 Å². The first-order chi connectivity index (χ1) is 7.27. The summed E-state index contributed by atoms with van der Waals surface area (Å²) < 4.78 is 3.74. The zero-order chi connectivity index (χ0) is 10.7. The van der Waals surface area contributed by atoms with Crippen LogP contribution in [0.25, 0.3) is 0 Å². The lowest BCUT2D eigenvalue weighted by Gasteiger charge is -2.05. The maximum atomic E-state index is 4.11. The van der Waals surface area contributed by atoms with Crippen molar-refractivity contribution in [1.29, 1.82) is 0 Å². The lowest BCUT2D eigenvalue weighted by molar-refractivity contribution is 0.595. The Morgan fingerprint density at radius 3 is 1.80 bits per heavy atom. The van der Waals surface area contributed by atoms with E-state index < -0.39 is 0 Å². The van der Waals surface area contributed by atoms with Crippen LogP contribution in [0.2, 0.25) is 0 Å². The third-order valence-corrected chi connectivity index (χ3v) is 2.46. The van der Waals surface area contributed by atoms with Gasteiger partial charge in [0.05, 0.1) is 11.4 Å². The molecule has 5 heteroatoms. The first kappa shape index (κ1) is 9.92. The fourth-order valence-corrected chi connectivity index (χ4v) is 1.47. The molecule has 0 radical (unpaired) electrons. The molecule has 0 aromatic carbocycles. The summed E-state index contributed by atoms with van der Waals surface area (Å²) in [4.78, 5) is 0. The highest BCUT2D eigenvalue weighted by molar-refractivity contribution is 5.02. The average Bonchev–Trinajstić information content (AvgIpc) is 2.78. The summed E-state index contributed by atoms with van der Waals surface area (Å²) in [7, 11) is 3.89. The third-order valence-electron chi connectivity index (χ3n) is 2.46. The molecular formula is C10H15N5. The SMILES string of the molecule is Cn1nccc1CNCc1ccnn1C. The molecule has 2 rings (SSSR count). The minimum Gasteiger partial charge on any atom is -0.306 e. The van der Waals surface area contributed by atoms with Gasteiger partial charge in [-0.05, 0) is 12.1 Å². The van der Waals surface area contributed by atoms with Crippen molar-refractivity contribution in [2.75, 3.05) is 0 Å². The van der Waals surface area contributed by atoms with E-state index in [1.165, 1.54) is 11.4 Å². The fourth-order valence-electron chi connectivity index (χ4n) is 1.47. The molecule has 80 valence electrons. The molecular weight excluding hydrogens is 190 g/mol. The van der Waals surface area contributed by atoms with Crippen LogP contribution in [0.3, 0.4) is 0 Å². The van der Waals surface area contributed by atoms with Crippen molar-refractivity contribution < 1.29 is 0 Å². The Morgan fingerprint density at radius 1 is 1.00 bits per heavy atom. The minimum atomic E-state index is 0.821. The number of hydrogen-bond donors (Lipinski definition) is 1. The zero-order valence-corrected chi connectivity index (χ0v) is 9.01. The van der Waals surface area contributed by atoms with Gasteiger partial charge in [-0.2, -0.15) is 10.2 Å². The van der Waals surface area contributed by atoms with E-state index in [1.54, 1.807) is 12.4 Å². The molecule has 15 heavy (non-hydrogen) atoms. The monoisotopic (exact) mass is 205 g/mol. The molecule has 5 nitrogen and oxygen atoms in total.